The van der Waals surface area contributed by atoms with Crippen molar-refractivity contribution >= 4 is 5.78 Å². The van der Waals surface area contributed by atoms with Crippen LogP contribution >= 0.6 is 0 Å². The van der Waals surface area contributed by atoms with Crippen molar-refractivity contribution in [3.63, 3.8) is 0 Å². The average Bonchev–Trinajstić information content (AvgIpc) is 2.97. The van der Waals surface area contributed by atoms with Gasteiger partial charge in [-0.2, -0.15) is 0 Å². The smallest absolute Gasteiger partial charge is 0.168 e. The minimum atomic E-state index is -0.372. The van der Waals surface area contributed by atoms with E-state index in [1.165, 1.54) is 0 Å². The molecule has 1 aliphatic rings. The van der Waals surface area contributed by atoms with Crippen LogP contribution in [0.1, 0.15) is 24.2 Å². The van der Waals surface area contributed by atoms with E-state index in [0.717, 1.165) is 5.75 Å². The minimum absolute atomic E-state index is 0.0714. The lowest BCUT2D eigenvalue weighted by Crippen LogP contribution is -2.40. The summed E-state index contributed by atoms with van der Waals surface area (Å²) in [6, 6.07) is 7.21. The number of ether oxygens (including phenoxy) is 3. The molecule has 20 heavy (non-hydrogen) atoms. The SMILES string of the molecule is COc1ccc(C(=O)[C@@H]2COC[C@H]2C(C)(C)OC)cc1. The summed E-state index contributed by atoms with van der Waals surface area (Å²) in [4.78, 5) is 12.6. The maximum absolute atomic E-state index is 12.6. The van der Waals surface area contributed by atoms with E-state index in [9.17, 15) is 4.79 Å². The van der Waals surface area contributed by atoms with E-state index in [1.807, 2.05) is 13.8 Å². The van der Waals surface area contributed by atoms with Gasteiger partial charge in [-0.1, -0.05) is 0 Å². The molecule has 1 aliphatic heterocycles. The first-order chi connectivity index (χ1) is 9.49. The van der Waals surface area contributed by atoms with E-state index < -0.39 is 0 Å². The first-order valence-electron chi connectivity index (χ1n) is 6.80. The van der Waals surface area contributed by atoms with Crippen molar-refractivity contribution < 1.29 is 19.0 Å². The number of carbonyl (C=O) groups is 1. The van der Waals surface area contributed by atoms with Gasteiger partial charge in [-0.25, -0.2) is 0 Å². The molecule has 0 aromatic heterocycles. The van der Waals surface area contributed by atoms with Crippen LogP contribution in [0.5, 0.6) is 5.75 Å². The van der Waals surface area contributed by atoms with Crippen molar-refractivity contribution in [3.8, 4) is 5.75 Å². The van der Waals surface area contributed by atoms with Gasteiger partial charge in [-0.15, -0.1) is 0 Å². The van der Waals surface area contributed by atoms with Crippen LogP contribution in [0.25, 0.3) is 0 Å². The Kier molecular flexibility index (Phi) is 4.45. The number of hydrogen-bond donors (Lipinski definition) is 0. The maximum Gasteiger partial charge on any atom is 0.168 e. The average molecular weight is 278 g/mol. The molecule has 0 saturated carbocycles. The van der Waals surface area contributed by atoms with E-state index in [4.69, 9.17) is 14.2 Å². The number of ketones is 1. The highest BCUT2D eigenvalue weighted by molar-refractivity contribution is 5.98. The highest BCUT2D eigenvalue weighted by Crippen LogP contribution is 2.35. The zero-order valence-electron chi connectivity index (χ0n) is 12.5. The van der Waals surface area contributed by atoms with Crippen molar-refractivity contribution in [2.75, 3.05) is 27.4 Å². The molecular formula is C16H22O4. The number of Topliss-reactive ketones (excluding diaryl/α,β-unsaturated/α-hetero) is 1. The largest absolute Gasteiger partial charge is 0.497 e. The molecule has 4 nitrogen and oxygen atoms in total. The second kappa shape index (κ2) is 5.94. The van der Waals surface area contributed by atoms with Crippen LogP contribution in [0.2, 0.25) is 0 Å². The third kappa shape index (κ3) is 2.86. The van der Waals surface area contributed by atoms with Crippen LogP contribution in [0.4, 0.5) is 0 Å². The van der Waals surface area contributed by atoms with Gasteiger partial charge < -0.3 is 14.2 Å². The predicted octanol–water partition coefficient (Wildman–Crippen LogP) is 2.57. The molecule has 1 saturated heterocycles. The molecule has 0 N–H and O–H groups in total. The van der Waals surface area contributed by atoms with Crippen LogP contribution < -0.4 is 4.74 Å². The van der Waals surface area contributed by atoms with E-state index in [-0.39, 0.29) is 23.2 Å². The summed E-state index contributed by atoms with van der Waals surface area (Å²) in [7, 11) is 3.28. The lowest BCUT2D eigenvalue weighted by Gasteiger charge is -2.32. The van der Waals surface area contributed by atoms with Crippen molar-refractivity contribution in [2.45, 2.75) is 19.4 Å². The molecule has 0 radical (unpaired) electrons. The van der Waals surface area contributed by atoms with Gasteiger partial charge in [0.15, 0.2) is 5.78 Å². The Morgan fingerprint density at radius 2 is 1.85 bits per heavy atom. The molecule has 0 spiro atoms. The summed E-state index contributed by atoms with van der Waals surface area (Å²) in [6.07, 6.45) is 0. The number of rotatable bonds is 5. The minimum Gasteiger partial charge on any atom is -0.497 e. The second-order valence-corrected chi connectivity index (χ2v) is 5.65. The van der Waals surface area contributed by atoms with E-state index >= 15 is 0 Å². The molecule has 1 aromatic carbocycles. The summed E-state index contributed by atoms with van der Waals surface area (Å²) >= 11 is 0. The summed E-state index contributed by atoms with van der Waals surface area (Å²) in [5.41, 5.74) is 0.321. The third-order valence-corrected chi connectivity index (χ3v) is 4.21. The summed E-state index contributed by atoms with van der Waals surface area (Å²) in [5, 5.41) is 0. The molecule has 1 fully saturated rings. The van der Waals surface area contributed by atoms with Gasteiger partial charge in [0.1, 0.15) is 5.75 Å². The molecule has 1 aromatic rings. The van der Waals surface area contributed by atoms with E-state index in [0.29, 0.717) is 18.8 Å². The number of hydrogen-bond acceptors (Lipinski definition) is 4. The standard InChI is InChI=1S/C16H22O4/c1-16(2,19-4)14-10-20-9-13(14)15(17)11-5-7-12(18-3)8-6-11/h5-8,13-14H,9-10H2,1-4H3/t13-,14-/m1/s1. The zero-order valence-corrected chi connectivity index (χ0v) is 12.5. The lowest BCUT2D eigenvalue weighted by atomic mass is 9.79. The first kappa shape index (κ1) is 15.0. The summed E-state index contributed by atoms with van der Waals surface area (Å²) < 4.78 is 16.2. The van der Waals surface area contributed by atoms with Crippen LogP contribution in [-0.2, 0) is 9.47 Å². The maximum atomic E-state index is 12.6. The van der Waals surface area contributed by atoms with Crippen LogP contribution in [0, 0.1) is 11.8 Å². The van der Waals surface area contributed by atoms with Crippen LogP contribution in [0.3, 0.4) is 0 Å². The van der Waals surface area contributed by atoms with Gasteiger partial charge in [0.05, 0.1) is 31.8 Å². The zero-order chi connectivity index (χ0) is 14.8. The molecule has 110 valence electrons. The fourth-order valence-corrected chi connectivity index (χ4v) is 2.62. The van der Waals surface area contributed by atoms with Gasteiger partial charge in [0, 0.05) is 18.6 Å². The molecule has 0 aliphatic carbocycles. The number of benzene rings is 1. The molecule has 2 rings (SSSR count). The highest BCUT2D eigenvalue weighted by Gasteiger charge is 2.43. The first-order valence-corrected chi connectivity index (χ1v) is 6.80. The quantitative estimate of drug-likeness (QED) is 0.777. The second-order valence-electron chi connectivity index (χ2n) is 5.65. The van der Waals surface area contributed by atoms with Gasteiger partial charge in [0.2, 0.25) is 0 Å². The van der Waals surface area contributed by atoms with Crippen LogP contribution in [-0.4, -0.2) is 38.8 Å². The Labute approximate surface area is 120 Å². The Bertz CT molecular complexity index is 464. The molecule has 0 bridgehead atoms. The molecule has 0 amide bonds. The topological polar surface area (TPSA) is 44.8 Å². The van der Waals surface area contributed by atoms with Gasteiger partial charge in [0.25, 0.3) is 0 Å². The Hall–Kier alpha value is -1.39. The Morgan fingerprint density at radius 3 is 2.40 bits per heavy atom. The Morgan fingerprint density at radius 1 is 1.20 bits per heavy atom. The molecule has 2 atom stereocenters. The fourth-order valence-electron chi connectivity index (χ4n) is 2.62. The summed E-state index contributed by atoms with van der Waals surface area (Å²) in [6.45, 7) is 5.02. The summed E-state index contributed by atoms with van der Waals surface area (Å²) in [5.74, 6) is 0.777. The molecule has 1 heterocycles. The Balaban J connectivity index is 2.18. The number of methoxy groups -OCH3 is 2. The highest BCUT2D eigenvalue weighted by atomic mass is 16.5. The molecular weight excluding hydrogens is 256 g/mol. The van der Waals surface area contributed by atoms with E-state index in [2.05, 4.69) is 0 Å². The van der Waals surface area contributed by atoms with E-state index in [1.54, 1.807) is 38.5 Å². The van der Waals surface area contributed by atoms with Crippen molar-refractivity contribution in [3.05, 3.63) is 29.8 Å². The predicted molar refractivity (Wildman–Crippen MR) is 76.2 cm³/mol. The van der Waals surface area contributed by atoms with Crippen molar-refractivity contribution in [1.29, 1.82) is 0 Å². The van der Waals surface area contributed by atoms with Gasteiger partial charge in [-0.05, 0) is 38.1 Å². The normalized spacial score (nSPS) is 22.8. The number of carbonyl (C=O) groups excluding carboxylic acids is 1. The molecule has 0 unspecified atom stereocenters. The lowest BCUT2D eigenvalue weighted by molar-refractivity contribution is -0.0382. The molecule has 4 heteroatoms. The third-order valence-electron chi connectivity index (χ3n) is 4.21. The van der Waals surface area contributed by atoms with Gasteiger partial charge >= 0.3 is 0 Å². The van der Waals surface area contributed by atoms with Gasteiger partial charge in [-0.3, -0.25) is 4.79 Å². The van der Waals surface area contributed by atoms with Crippen molar-refractivity contribution in [1.82, 2.24) is 0 Å². The van der Waals surface area contributed by atoms with Crippen LogP contribution in [0.15, 0.2) is 24.3 Å². The fraction of sp³-hybridized carbons (Fsp3) is 0.562. The van der Waals surface area contributed by atoms with Crippen molar-refractivity contribution in [2.24, 2.45) is 11.8 Å². The monoisotopic (exact) mass is 278 g/mol.